The molecule has 0 aromatic carbocycles. The van der Waals surface area contributed by atoms with Crippen LogP contribution < -0.4 is 0 Å². The molecule has 0 saturated carbocycles. The largest absolute Gasteiger partial charge is 0.256 e. The van der Waals surface area contributed by atoms with Gasteiger partial charge in [-0.15, -0.1) is 5.54 Å². The minimum absolute atomic E-state index is 0.936. The fourth-order valence-electron chi connectivity index (χ4n) is 0.902. The van der Waals surface area contributed by atoms with Gasteiger partial charge in [-0.3, -0.25) is 4.98 Å². The van der Waals surface area contributed by atoms with Gasteiger partial charge >= 0.3 is 0 Å². The van der Waals surface area contributed by atoms with Crippen LogP contribution in [-0.2, 0) is 0 Å². The molecule has 3 heteroatoms. The highest BCUT2D eigenvalue weighted by molar-refractivity contribution is 9.11. The summed E-state index contributed by atoms with van der Waals surface area (Å²) in [7, 11) is -1.28. The number of rotatable bonds is 1. The van der Waals surface area contributed by atoms with Gasteiger partial charge in [0.1, 0.15) is 8.07 Å². The Hall–Kier alpha value is -0.853. The molecule has 15 heavy (non-hydrogen) atoms. The topological polar surface area (TPSA) is 12.9 Å². The summed E-state index contributed by atoms with van der Waals surface area (Å²) in [6, 6.07) is 3.97. The van der Waals surface area contributed by atoms with E-state index in [0.717, 1.165) is 11.3 Å². The standard InChI is InChI=1S/C12H14BrNSi/c1-15(2,3)9-7-11-4-5-12(6-8-13)14-10-11/h4-6,8,10H,1-3H3. The van der Waals surface area contributed by atoms with Gasteiger partial charge in [0, 0.05) is 11.8 Å². The minimum Gasteiger partial charge on any atom is -0.256 e. The molecule has 1 heterocycles. The lowest BCUT2D eigenvalue weighted by atomic mass is 10.2. The zero-order valence-corrected chi connectivity index (χ0v) is 11.8. The van der Waals surface area contributed by atoms with Crippen LogP contribution in [0.3, 0.4) is 0 Å². The van der Waals surface area contributed by atoms with E-state index in [4.69, 9.17) is 0 Å². The van der Waals surface area contributed by atoms with Crippen molar-refractivity contribution in [3.8, 4) is 11.5 Å². The van der Waals surface area contributed by atoms with E-state index < -0.39 is 8.07 Å². The van der Waals surface area contributed by atoms with E-state index in [0.29, 0.717) is 0 Å². The third-order valence-electron chi connectivity index (χ3n) is 1.60. The van der Waals surface area contributed by atoms with Crippen molar-refractivity contribution in [2.24, 2.45) is 0 Å². The van der Waals surface area contributed by atoms with E-state index in [2.05, 4.69) is 52.0 Å². The molecule has 0 bridgehead atoms. The zero-order valence-electron chi connectivity index (χ0n) is 9.21. The van der Waals surface area contributed by atoms with Gasteiger partial charge in [0.05, 0.1) is 5.69 Å². The average Bonchev–Trinajstić information content (AvgIpc) is 2.16. The van der Waals surface area contributed by atoms with Crippen molar-refractivity contribution >= 4 is 30.1 Å². The second-order valence-electron chi connectivity index (χ2n) is 4.26. The number of halogens is 1. The molecular weight excluding hydrogens is 266 g/mol. The predicted molar refractivity (Wildman–Crippen MR) is 72.4 cm³/mol. The van der Waals surface area contributed by atoms with Crippen LogP contribution in [0.4, 0.5) is 0 Å². The number of nitrogens with zero attached hydrogens (tertiary/aromatic N) is 1. The summed E-state index contributed by atoms with van der Waals surface area (Å²) in [5.41, 5.74) is 5.24. The molecule has 0 radical (unpaired) electrons. The maximum Gasteiger partial charge on any atom is 0.129 e. The second-order valence-corrected chi connectivity index (χ2v) is 9.54. The first kappa shape index (κ1) is 12.2. The van der Waals surface area contributed by atoms with E-state index >= 15 is 0 Å². The van der Waals surface area contributed by atoms with Gasteiger partial charge < -0.3 is 0 Å². The molecule has 0 unspecified atom stereocenters. The fourth-order valence-corrected chi connectivity index (χ4v) is 1.69. The lowest BCUT2D eigenvalue weighted by Crippen LogP contribution is -2.16. The third-order valence-corrected chi connectivity index (χ3v) is 2.74. The van der Waals surface area contributed by atoms with E-state index in [1.54, 1.807) is 4.99 Å². The molecule has 1 rings (SSSR count). The van der Waals surface area contributed by atoms with E-state index in [1.165, 1.54) is 0 Å². The van der Waals surface area contributed by atoms with Crippen molar-refractivity contribution in [3.05, 3.63) is 34.6 Å². The van der Waals surface area contributed by atoms with Crippen LogP contribution in [0, 0.1) is 11.5 Å². The highest BCUT2D eigenvalue weighted by Gasteiger charge is 2.07. The first-order valence-corrected chi connectivity index (χ1v) is 9.19. The van der Waals surface area contributed by atoms with Crippen LogP contribution in [-0.4, -0.2) is 13.1 Å². The van der Waals surface area contributed by atoms with Crippen molar-refractivity contribution in [1.29, 1.82) is 0 Å². The normalized spacial score (nSPS) is 11.2. The molecule has 0 N–H and O–H groups in total. The second kappa shape index (κ2) is 5.29. The first-order valence-electron chi connectivity index (χ1n) is 4.77. The molecule has 0 saturated heterocycles. The van der Waals surface area contributed by atoms with Crippen LogP contribution in [0.15, 0.2) is 23.3 Å². The van der Waals surface area contributed by atoms with Crippen molar-refractivity contribution < 1.29 is 0 Å². The summed E-state index contributed by atoms with van der Waals surface area (Å²) in [5.74, 6) is 3.17. The minimum atomic E-state index is -1.28. The van der Waals surface area contributed by atoms with Crippen LogP contribution in [0.2, 0.25) is 19.6 Å². The summed E-state index contributed by atoms with van der Waals surface area (Å²) in [5, 5.41) is 0. The Labute approximate surface area is 101 Å². The van der Waals surface area contributed by atoms with E-state index in [-0.39, 0.29) is 0 Å². The third kappa shape index (κ3) is 4.96. The molecule has 0 aliphatic rings. The van der Waals surface area contributed by atoms with Gasteiger partial charge in [0.25, 0.3) is 0 Å². The average molecular weight is 280 g/mol. The van der Waals surface area contributed by atoms with E-state index in [1.807, 2.05) is 24.4 Å². The van der Waals surface area contributed by atoms with Gasteiger partial charge in [0.15, 0.2) is 0 Å². The number of hydrogen-bond donors (Lipinski definition) is 0. The lowest BCUT2D eigenvalue weighted by molar-refractivity contribution is 1.28. The van der Waals surface area contributed by atoms with E-state index in [9.17, 15) is 0 Å². The number of aromatic nitrogens is 1. The summed E-state index contributed by atoms with van der Waals surface area (Å²) >= 11 is 3.22. The Morgan fingerprint density at radius 3 is 2.53 bits per heavy atom. The van der Waals surface area contributed by atoms with Gasteiger partial charge in [-0.05, 0) is 23.2 Å². The van der Waals surface area contributed by atoms with Crippen molar-refractivity contribution in [3.63, 3.8) is 0 Å². The summed E-state index contributed by atoms with van der Waals surface area (Å²) in [4.78, 5) is 6.06. The smallest absolute Gasteiger partial charge is 0.129 e. The molecule has 0 amide bonds. The Kier molecular flexibility index (Phi) is 4.31. The molecule has 1 nitrogen and oxygen atoms in total. The summed E-state index contributed by atoms with van der Waals surface area (Å²) in [6.45, 7) is 6.69. The van der Waals surface area contributed by atoms with Gasteiger partial charge in [-0.1, -0.05) is 41.5 Å². The Morgan fingerprint density at radius 2 is 2.07 bits per heavy atom. The summed E-state index contributed by atoms with van der Waals surface area (Å²) < 4.78 is 0. The SMILES string of the molecule is C[Si](C)(C)C#Cc1ccc(C=CBr)nc1. The highest BCUT2D eigenvalue weighted by atomic mass is 79.9. The molecular formula is C12H14BrNSi. The van der Waals surface area contributed by atoms with Gasteiger partial charge in [-0.25, -0.2) is 0 Å². The predicted octanol–water partition coefficient (Wildman–Crippen LogP) is 3.68. The quantitative estimate of drug-likeness (QED) is 0.565. The van der Waals surface area contributed by atoms with Crippen molar-refractivity contribution in [1.82, 2.24) is 4.98 Å². The maximum atomic E-state index is 4.27. The molecule has 1 aromatic rings. The first-order chi connectivity index (χ1) is 7.01. The molecule has 0 spiro atoms. The zero-order chi connectivity index (χ0) is 11.3. The molecule has 0 fully saturated rings. The molecule has 0 aliphatic heterocycles. The Bertz CT molecular complexity index is 404. The Morgan fingerprint density at radius 1 is 1.33 bits per heavy atom. The molecule has 0 atom stereocenters. The number of pyridine rings is 1. The summed E-state index contributed by atoms with van der Waals surface area (Å²) in [6.07, 6.45) is 3.71. The van der Waals surface area contributed by atoms with Crippen LogP contribution in [0.25, 0.3) is 6.08 Å². The molecule has 78 valence electrons. The van der Waals surface area contributed by atoms with Crippen LogP contribution in [0.5, 0.6) is 0 Å². The molecule has 1 aromatic heterocycles. The van der Waals surface area contributed by atoms with Crippen LogP contribution >= 0.6 is 15.9 Å². The molecule has 0 aliphatic carbocycles. The monoisotopic (exact) mass is 279 g/mol. The lowest BCUT2D eigenvalue weighted by Gasteiger charge is -2.03. The van der Waals surface area contributed by atoms with Gasteiger partial charge in [-0.2, -0.15) is 0 Å². The van der Waals surface area contributed by atoms with Crippen molar-refractivity contribution in [2.75, 3.05) is 0 Å². The Balaban J connectivity index is 2.84. The fraction of sp³-hybridized carbons (Fsp3) is 0.250. The highest BCUT2D eigenvalue weighted by Crippen LogP contribution is 2.03. The maximum absolute atomic E-state index is 4.27. The van der Waals surface area contributed by atoms with Crippen LogP contribution in [0.1, 0.15) is 11.3 Å². The number of hydrogen-bond acceptors (Lipinski definition) is 1. The van der Waals surface area contributed by atoms with Crippen molar-refractivity contribution in [2.45, 2.75) is 19.6 Å². The van der Waals surface area contributed by atoms with Gasteiger partial charge in [0.2, 0.25) is 0 Å².